The van der Waals surface area contributed by atoms with Gasteiger partial charge in [0.05, 0.1) is 30.7 Å². The van der Waals surface area contributed by atoms with Gasteiger partial charge in [-0.3, -0.25) is 0 Å². The number of para-hydroxylation sites is 1. The molecule has 0 saturated carbocycles. The zero-order chi connectivity index (χ0) is 20.6. The van der Waals surface area contributed by atoms with Crippen LogP contribution < -0.4 is 10.1 Å². The molecule has 0 aliphatic carbocycles. The van der Waals surface area contributed by atoms with Gasteiger partial charge in [0.2, 0.25) is 0 Å². The van der Waals surface area contributed by atoms with Gasteiger partial charge >= 0.3 is 5.97 Å². The van der Waals surface area contributed by atoms with E-state index in [2.05, 4.69) is 16.4 Å². The van der Waals surface area contributed by atoms with Crippen molar-refractivity contribution in [2.75, 3.05) is 19.0 Å². The lowest BCUT2D eigenvalue weighted by molar-refractivity contribution is 0.0527. The number of rotatable bonds is 7. The lowest BCUT2D eigenvalue weighted by Crippen LogP contribution is -2.07. The lowest BCUT2D eigenvalue weighted by atomic mass is 10.1. The molecule has 3 aromatic rings. The molecule has 0 amide bonds. The van der Waals surface area contributed by atoms with Gasteiger partial charge in [0, 0.05) is 17.1 Å². The molecule has 29 heavy (non-hydrogen) atoms. The van der Waals surface area contributed by atoms with Gasteiger partial charge in [0.25, 0.3) is 0 Å². The number of aromatic nitrogens is 1. The van der Waals surface area contributed by atoms with Crippen molar-refractivity contribution in [2.24, 2.45) is 0 Å². The van der Waals surface area contributed by atoms with Crippen LogP contribution in [0.4, 0.5) is 5.69 Å². The smallest absolute Gasteiger partial charge is 0.340 e. The van der Waals surface area contributed by atoms with E-state index in [1.807, 2.05) is 29.6 Å². The Hall–Kier alpha value is -3.63. The first-order valence-electron chi connectivity index (χ1n) is 8.89. The Morgan fingerprint density at radius 2 is 2.10 bits per heavy atom. The number of methoxy groups -OCH3 is 1. The van der Waals surface area contributed by atoms with E-state index in [0.717, 1.165) is 17.0 Å². The van der Waals surface area contributed by atoms with E-state index in [1.165, 1.54) is 11.3 Å². The predicted molar refractivity (Wildman–Crippen MR) is 114 cm³/mol. The van der Waals surface area contributed by atoms with Crippen LogP contribution in [0.25, 0.3) is 16.8 Å². The highest BCUT2D eigenvalue weighted by atomic mass is 32.1. The first-order chi connectivity index (χ1) is 14.2. The van der Waals surface area contributed by atoms with Crippen molar-refractivity contribution in [1.29, 1.82) is 5.26 Å². The average Bonchev–Trinajstić information content (AvgIpc) is 3.25. The number of carbonyl (C=O) groups excluding carboxylic acids is 1. The zero-order valence-electron chi connectivity index (χ0n) is 16.0. The van der Waals surface area contributed by atoms with Crippen molar-refractivity contribution in [3.63, 3.8) is 0 Å². The summed E-state index contributed by atoms with van der Waals surface area (Å²) in [6.07, 6.45) is 1.55. The fourth-order valence-electron chi connectivity index (χ4n) is 2.60. The minimum Gasteiger partial charge on any atom is -0.497 e. The molecule has 0 aliphatic rings. The number of benzene rings is 2. The number of allylic oxidation sites excluding steroid dienone is 1. The first-order valence-corrected chi connectivity index (χ1v) is 9.77. The molecule has 0 saturated heterocycles. The Morgan fingerprint density at radius 3 is 2.86 bits per heavy atom. The van der Waals surface area contributed by atoms with Crippen molar-refractivity contribution >= 4 is 28.6 Å². The molecular weight excluding hydrogens is 386 g/mol. The third-order valence-electron chi connectivity index (χ3n) is 4.01. The predicted octanol–water partition coefficient (Wildman–Crippen LogP) is 4.97. The number of carbonyl (C=O) groups is 1. The standard InChI is InChI=1S/C22H19N3O3S/c1-3-28-22(26)18-9-4-5-10-19(18)24-13-16(12-23)21-25-20(14-29-21)15-7-6-8-17(11-15)27-2/h4-11,13-14,24H,3H2,1-2H3. The molecule has 1 N–H and O–H groups in total. The normalized spacial score (nSPS) is 10.9. The van der Waals surface area contributed by atoms with E-state index in [9.17, 15) is 10.1 Å². The Bertz CT molecular complexity index is 1080. The van der Waals surface area contributed by atoms with Gasteiger partial charge in [0.15, 0.2) is 0 Å². The van der Waals surface area contributed by atoms with Crippen LogP contribution in [-0.2, 0) is 4.74 Å². The highest BCUT2D eigenvalue weighted by molar-refractivity contribution is 7.11. The molecule has 3 rings (SSSR count). The number of nitrogens with zero attached hydrogens (tertiary/aromatic N) is 2. The topological polar surface area (TPSA) is 84.2 Å². The molecule has 0 fully saturated rings. The van der Waals surface area contributed by atoms with E-state index < -0.39 is 5.97 Å². The SMILES string of the molecule is CCOC(=O)c1ccccc1NC=C(C#N)c1nc(-c2cccc(OC)c2)cs1. The summed E-state index contributed by atoms with van der Waals surface area (Å²) >= 11 is 1.37. The first kappa shape index (κ1) is 20.1. The second-order valence-corrected chi connectivity index (χ2v) is 6.71. The maximum absolute atomic E-state index is 12.1. The van der Waals surface area contributed by atoms with Crippen LogP contribution in [0.5, 0.6) is 5.75 Å². The second kappa shape index (κ2) is 9.53. The maximum Gasteiger partial charge on any atom is 0.340 e. The van der Waals surface area contributed by atoms with E-state index in [0.29, 0.717) is 28.4 Å². The third-order valence-corrected chi connectivity index (χ3v) is 4.89. The monoisotopic (exact) mass is 405 g/mol. The van der Waals surface area contributed by atoms with Crippen LogP contribution in [0.3, 0.4) is 0 Å². The number of nitrogens with one attached hydrogen (secondary N) is 1. The molecule has 2 aromatic carbocycles. The molecule has 0 atom stereocenters. The molecule has 0 spiro atoms. The highest BCUT2D eigenvalue weighted by Crippen LogP contribution is 2.28. The summed E-state index contributed by atoms with van der Waals surface area (Å²) in [6, 6.07) is 16.7. The molecular formula is C22H19N3O3S. The number of ether oxygens (including phenoxy) is 2. The molecule has 0 radical (unpaired) electrons. The summed E-state index contributed by atoms with van der Waals surface area (Å²) in [6.45, 7) is 2.04. The van der Waals surface area contributed by atoms with Gasteiger partial charge in [-0.05, 0) is 31.2 Å². The molecule has 0 unspecified atom stereocenters. The maximum atomic E-state index is 12.1. The number of esters is 1. The number of anilines is 1. The lowest BCUT2D eigenvalue weighted by Gasteiger charge is -2.08. The number of thiazole rings is 1. The quantitative estimate of drug-likeness (QED) is 0.441. The molecule has 6 nitrogen and oxygen atoms in total. The molecule has 0 bridgehead atoms. The Morgan fingerprint density at radius 1 is 1.28 bits per heavy atom. The summed E-state index contributed by atoms with van der Waals surface area (Å²) in [5.41, 5.74) is 2.99. The third kappa shape index (κ3) is 4.81. The number of hydrogen-bond donors (Lipinski definition) is 1. The van der Waals surface area contributed by atoms with Crippen molar-refractivity contribution in [3.05, 3.63) is 70.7 Å². The molecule has 0 aliphatic heterocycles. The van der Waals surface area contributed by atoms with Crippen LogP contribution in [0.1, 0.15) is 22.3 Å². The summed E-state index contributed by atoms with van der Waals surface area (Å²) in [5.74, 6) is 0.322. The highest BCUT2D eigenvalue weighted by Gasteiger charge is 2.13. The van der Waals surface area contributed by atoms with Gasteiger partial charge in [-0.25, -0.2) is 9.78 Å². The van der Waals surface area contributed by atoms with Crippen molar-refractivity contribution < 1.29 is 14.3 Å². The van der Waals surface area contributed by atoms with Crippen LogP contribution in [0.15, 0.2) is 60.1 Å². The van der Waals surface area contributed by atoms with Crippen molar-refractivity contribution in [2.45, 2.75) is 6.92 Å². The fourth-order valence-corrected chi connectivity index (χ4v) is 3.39. The molecule has 1 aromatic heterocycles. The van der Waals surface area contributed by atoms with Gasteiger partial charge in [-0.1, -0.05) is 24.3 Å². The summed E-state index contributed by atoms with van der Waals surface area (Å²) < 4.78 is 10.3. The number of hydrogen-bond acceptors (Lipinski definition) is 7. The minimum absolute atomic E-state index is 0.290. The van der Waals surface area contributed by atoms with Crippen LogP contribution >= 0.6 is 11.3 Å². The van der Waals surface area contributed by atoms with Gasteiger partial charge in [-0.15, -0.1) is 11.3 Å². The largest absolute Gasteiger partial charge is 0.497 e. The van der Waals surface area contributed by atoms with E-state index >= 15 is 0 Å². The van der Waals surface area contributed by atoms with Crippen LogP contribution in [0, 0.1) is 11.3 Å². The Labute approximate surface area is 173 Å². The van der Waals surface area contributed by atoms with Gasteiger partial charge < -0.3 is 14.8 Å². The average molecular weight is 405 g/mol. The van der Waals surface area contributed by atoms with Crippen molar-refractivity contribution in [3.8, 4) is 23.1 Å². The van der Waals surface area contributed by atoms with Crippen molar-refractivity contribution in [1.82, 2.24) is 4.98 Å². The minimum atomic E-state index is -0.419. The van der Waals surface area contributed by atoms with Crippen LogP contribution in [0.2, 0.25) is 0 Å². The van der Waals surface area contributed by atoms with Gasteiger partial charge in [0.1, 0.15) is 22.4 Å². The van der Waals surface area contributed by atoms with Gasteiger partial charge in [-0.2, -0.15) is 5.26 Å². The summed E-state index contributed by atoms with van der Waals surface area (Å²) in [4.78, 5) is 16.7. The Balaban J connectivity index is 1.84. The second-order valence-electron chi connectivity index (χ2n) is 5.85. The molecule has 146 valence electrons. The van der Waals surface area contributed by atoms with E-state index in [4.69, 9.17) is 9.47 Å². The zero-order valence-corrected chi connectivity index (χ0v) is 16.8. The Kier molecular flexibility index (Phi) is 6.61. The summed E-state index contributed by atoms with van der Waals surface area (Å²) in [5, 5.41) is 15.1. The van der Waals surface area contributed by atoms with E-state index in [-0.39, 0.29) is 0 Å². The molecule has 7 heteroatoms. The van der Waals surface area contributed by atoms with E-state index in [1.54, 1.807) is 44.5 Å². The number of nitriles is 1. The summed E-state index contributed by atoms with van der Waals surface area (Å²) in [7, 11) is 1.61. The molecule has 1 heterocycles. The van der Waals surface area contributed by atoms with Crippen LogP contribution in [-0.4, -0.2) is 24.7 Å². The fraction of sp³-hybridized carbons (Fsp3) is 0.136.